The van der Waals surface area contributed by atoms with Crippen LogP contribution in [-0.4, -0.2) is 47.8 Å². The summed E-state index contributed by atoms with van der Waals surface area (Å²) in [7, 11) is 6.54. The Balaban J connectivity index is 1.98. The first kappa shape index (κ1) is 17.4. The van der Waals surface area contributed by atoms with E-state index in [1.54, 1.807) is 34.4 Å². The molecule has 0 N–H and O–H groups in total. The third-order valence-electron chi connectivity index (χ3n) is 2.71. The summed E-state index contributed by atoms with van der Waals surface area (Å²) >= 11 is 2.07. The number of benzene rings is 1. The van der Waals surface area contributed by atoms with E-state index in [4.69, 9.17) is 14.2 Å². The Hall–Kier alpha value is -2.00. The van der Waals surface area contributed by atoms with Gasteiger partial charge in [-0.25, -0.2) is 0 Å². The van der Waals surface area contributed by atoms with Crippen molar-refractivity contribution in [3.8, 4) is 16.7 Å². The lowest BCUT2D eigenvalue weighted by Gasteiger charge is -2.08. The number of aromatic nitrogens is 2. The number of rotatable bonds is 6. The molecule has 0 spiro atoms. The SMILES string of the molecule is COc1cc(COc2nc(SC(=O)N(C)C)ns2)cc(OC)c1. The van der Waals surface area contributed by atoms with Gasteiger partial charge in [-0.15, -0.1) is 0 Å². The standard InChI is InChI=1S/C14H17N3O4S2/c1-17(2)14(18)22-12-15-13(23-16-12)21-8-9-5-10(19-3)7-11(6-9)20-4/h5-7H,8H2,1-4H3. The minimum absolute atomic E-state index is 0.133. The molecule has 0 saturated carbocycles. The molecule has 0 radical (unpaired) electrons. The number of hydrogen-bond donors (Lipinski definition) is 0. The number of carbonyl (C=O) groups excluding carboxylic acids is 1. The predicted molar refractivity (Wildman–Crippen MR) is 88.7 cm³/mol. The van der Waals surface area contributed by atoms with Crippen molar-refractivity contribution < 1.29 is 19.0 Å². The second-order valence-corrected chi connectivity index (χ2v) is 6.25. The number of amides is 1. The monoisotopic (exact) mass is 355 g/mol. The number of carbonyl (C=O) groups is 1. The van der Waals surface area contributed by atoms with Crippen LogP contribution in [0.1, 0.15) is 5.56 Å². The Labute approximate surface area is 142 Å². The number of thioether (sulfide) groups is 1. The van der Waals surface area contributed by atoms with E-state index in [2.05, 4.69) is 9.36 Å². The molecule has 2 aromatic rings. The fourth-order valence-electron chi connectivity index (χ4n) is 1.56. The largest absolute Gasteiger partial charge is 0.497 e. The van der Waals surface area contributed by atoms with Crippen LogP contribution in [0.2, 0.25) is 0 Å². The molecule has 1 heterocycles. The minimum Gasteiger partial charge on any atom is -0.497 e. The minimum atomic E-state index is -0.133. The molecular weight excluding hydrogens is 338 g/mol. The topological polar surface area (TPSA) is 73.8 Å². The number of methoxy groups -OCH3 is 2. The Bertz CT molecular complexity index is 654. The highest BCUT2D eigenvalue weighted by atomic mass is 32.2. The first-order chi connectivity index (χ1) is 11.0. The van der Waals surface area contributed by atoms with Crippen molar-refractivity contribution in [3.63, 3.8) is 0 Å². The first-order valence-corrected chi connectivity index (χ1v) is 8.18. The van der Waals surface area contributed by atoms with Crippen LogP contribution in [0.4, 0.5) is 4.79 Å². The molecule has 7 nitrogen and oxygen atoms in total. The van der Waals surface area contributed by atoms with Crippen molar-refractivity contribution in [3.05, 3.63) is 23.8 Å². The smallest absolute Gasteiger partial charge is 0.294 e. The van der Waals surface area contributed by atoms with Gasteiger partial charge in [-0.1, -0.05) is 0 Å². The maximum Gasteiger partial charge on any atom is 0.294 e. The lowest BCUT2D eigenvalue weighted by molar-refractivity contribution is 0.241. The highest BCUT2D eigenvalue weighted by Gasteiger charge is 2.13. The van der Waals surface area contributed by atoms with E-state index in [9.17, 15) is 4.79 Å². The molecule has 0 unspecified atom stereocenters. The molecule has 124 valence electrons. The molecule has 1 amide bonds. The van der Waals surface area contributed by atoms with Gasteiger partial charge in [0.15, 0.2) is 0 Å². The summed E-state index contributed by atoms with van der Waals surface area (Å²) in [5.74, 6) is 1.38. The van der Waals surface area contributed by atoms with E-state index in [1.165, 1.54) is 4.90 Å². The molecule has 0 aliphatic carbocycles. The molecule has 9 heteroatoms. The molecule has 0 bridgehead atoms. The zero-order valence-electron chi connectivity index (χ0n) is 13.2. The van der Waals surface area contributed by atoms with E-state index in [1.807, 2.05) is 12.1 Å². The van der Waals surface area contributed by atoms with E-state index in [0.717, 1.165) is 28.9 Å². The van der Waals surface area contributed by atoms with Crippen LogP contribution in [0.15, 0.2) is 23.4 Å². The summed E-state index contributed by atoms with van der Waals surface area (Å²) in [5.41, 5.74) is 0.884. The van der Waals surface area contributed by atoms with Crippen LogP contribution < -0.4 is 14.2 Å². The second-order valence-electron chi connectivity index (χ2n) is 4.61. The van der Waals surface area contributed by atoms with Crippen molar-refractivity contribution in [2.75, 3.05) is 28.3 Å². The maximum atomic E-state index is 11.6. The third kappa shape index (κ3) is 5.00. The lowest BCUT2D eigenvalue weighted by Crippen LogP contribution is -2.16. The van der Waals surface area contributed by atoms with Gasteiger partial charge in [0.2, 0.25) is 5.16 Å². The van der Waals surface area contributed by atoms with E-state index >= 15 is 0 Å². The first-order valence-electron chi connectivity index (χ1n) is 6.59. The van der Waals surface area contributed by atoms with Crippen LogP contribution in [0.5, 0.6) is 16.7 Å². The molecule has 1 aromatic heterocycles. The van der Waals surface area contributed by atoms with Crippen LogP contribution in [-0.2, 0) is 6.61 Å². The highest BCUT2D eigenvalue weighted by Crippen LogP contribution is 2.26. The molecule has 0 aliphatic rings. The Morgan fingerprint density at radius 1 is 1.22 bits per heavy atom. The lowest BCUT2D eigenvalue weighted by atomic mass is 10.2. The van der Waals surface area contributed by atoms with Gasteiger partial charge >= 0.3 is 0 Å². The Kier molecular flexibility index (Phi) is 6.05. The van der Waals surface area contributed by atoms with Crippen LogP contribution >= 0.6 is 23.3 Å². The number of nitrogens with zero attached hydrogens (tertiary/aromatic N) is 3. The van der Waals surface area contributed by atoms with E-state index < -0.39 is 0 Å². The molecule has 0 saturated heterocycles. The Morgan fingerprint density at radius 2 is 1.87 bits per heavy atom. The summed E-state index contributed by atoms with van der Waals surface area (Å²) < 4.78 is 20.1. The van der Waals surface area contributed by atoms with Gasteiger partial charge in [0.25, 0.3) is 10.4 Å². The Morgan fingerprint density at radius 3 is 2.43 bits per heavy atom. The number of ether oxygens (including phenoxy) is 3. The van der Waals surface area contributed by atoms with Gasteiger partial charge in [-0.05, 0) is 17.7 Å². The molecule has 23 heavy (non-hydrogen) atoms. The van der Waals surface area contributed by atoms with Gasteiger partial charge in [0.1, 0.15) is 18.1 Å². The molecule has 0 fully saturated rings. The second kappa shape index (κ2) is 8.02. The third-order valence-corrected chi connectivity index (χ3v) is 4.36. The molecule has 0 aliphatic heterocycles. The quantitative estimate of drug-likeness (QED) is 0.738. The van der Waals surface area contributed by atoms with E-state index in [-0.39, 0.29) is 5.24 Å². The maximum absolute atomic E-state index is 11.6. The van der Waals surface area contributed by atoms with Crippen molar-refractivity contribution >= 4 is 28.5 Å². The number of hydrogen-bond acceptors (Lipinski definition) is 8. The average Bonchev–Trinajstić information content (AvgIpc) is 2.99. The van der Waals surface area contributed by atoms with Crippen LogP contribution in [0, 0.1) is 0 Å². The molecule has 1 aromatic carbocycles. The molecule has 2 rings (SSSR count). The van der Waals surface area contributed by atoms with Gasteiger partial charge in [-0.3, -0.25) is 4.79 Å². The summed E-state index contributed by atoms with van der Waals surface area (Å²) in [6.45, 7) is 0.300. The van der Waals surface area contributed by atoms with E-state index in [0.29, 0.717) is 28.5 Å². The fourth-order valence-corrected chi connectivity index (χ4v) is 2.78. The molecular formula is C14H17N3O4S2. The van der Waals surface area contributed by atoms with Gasteiger partial charge in [0.05, 0.1) is 14.2 Å². The summed E-state index contributed by atoms with van der Waals surface area (Å²) in [4.78, 5) is 17.2. The summed E-state index contributed by atoms with van der Waals surface area (Å²) in [6.07, 6.45) is 0. The van der Waals surface area contributed by atoms with Crippen molar-refractivity contribution in [2.45, 2.75) is 11.8 Å². The van der Waals surface area contributed by atoms with Gasteiger partial charge < -0.3 is 19.1 Å². The fraction of sp³-hybridized carbons (Fsp3) is 0.357. The molecule has 0 atom stereocenters. The van der Waals surface area contributed by atoms with Crippen molar-refractivity contribution in [1.82, 2.24) is 14.3 Å². The van der Waals surface area contributed by atoms with Crippen LogP contribution in [0.3, 0.4) is 0 Å². The van der Waals surface area contributed by atoms with Gasteiger partial charge in [-0.2, -0.15) is 9.36 Å². The van der Waals surface area contributed by atoms with Crippen molar-refractivity contribution in [2.24, 2.45) is 0 Å². The predicted octanol–water partition coefficient (Wildman–Crippen LogP) is 2.91. The zero-order valence-corrected chi connectivity index (χ0v) is 14.9. The van der Waals surface area contributed by atoms with Crippen molar-refractivity contribution in [1.29, 1.82) is 0 Å². The van der Waals surface area contributed by atoms with Crippen LogP contribution in [0.25, 0.3) is 0 Å². The summed E-state index contributed by atoms with van der Waals surface area (Å²) in [6, 6.07) is 5.50. The highest BCUT2D eigenvalue weighted by molar-refractivity contribution is 8.13. The normalized spacial score (nSPS) is 10.3. The zero-order chi connectivity index (χ0) is 16.8. The summed E-state index contributed by atoms with van der Waals surface area (Å²) in [5, 5.41) is 0.652. The van der Waals surface area contributed by atoms with Gasteiger partial charge in [0, 0.05) is 43.5 Å². The average molecular weight is 355 g/mol.